The van der Waals surface area contributed by atoms with Gasteiger partial charge in [-0.2, -0.15) is 0 Å². The monoisotopic (exact) mass is 231 g/mol. The molecule has 0 bridgehead atoms. The predicted molar refractivity (Wildman–Crippen MR) is 69.1 cm³/mol. The van der Waals surface area contributed by atoms with Gasteiger partial charge in [-0.25, -0.2) is 0 Å². The SMILES string of the molecule is c1ccc(C[C@@H]2CCC3(CCNCC3)O2)cc1. The number of hydrogen-bond acceptors (Lipinski definition) is 2. The van der Waals surface area contributed by atoms with E-state index in [-0.39, 0.29) is 5.60 Å². The zero-order valence-electron chi connectivity index (χ0n) is 10.3. The van der Waals surface area contributed by atoms with Crippen LogP contribution in [0.15, 0.2) is 30.3 Å². The molecule has 0 aromatic heterocycles. The second-order valence-corrected chi connectivity index (χ2v) is 5.40. The molecule has 1 aromatic carbocycles. The third kappa shape index (κ3) is 2.53. The highest BCUT2D eigenvalue weighted by atomic mass is 16.5. The van der Waals surface area contributed by atoms with E-state index >= 15 is 0 Å². The predicted octanol–water partition coefficient (Wildman–Crippen LogP) is 2.53. The molecule has 92 valence electrons. The van der Waals surface area contributed by atoms with Gasteiger partial charge in [-0.15, -0.1) is 0 Å². The fourth-order valence-corrected chi connectivity index (χ4v) is 3.17. The maximum Gasteiger partial charge on any atom is 0.0711 e. The number of benzene rings is 1. The minimum absolute atomic E-state index is 0.213. The van der Waals surface area contributed by atoms with E-state index in [0.717, 1.165) is 19.5 Å². The average molecular weight is 231 g/mol. The molecule has 1 spiro atoms. The molecular weight excluding hydrogens is 210 g/mol. The minimum atomic E-state index is 0.213. The molecule has 1 aromatic rings. The van der Waals surface area contributed by atoms with Gasteiger partial charge in [0.25, 0.3) is 0 Å². The summed E-state index contributed by atoms with van der Waals surface area (Å²) in [6.45, 7) is 2.25. The van der Waals surface area contributed by atoms with Crippen molar-refractivity contribution in [2.24, 2.45) is 0 Å². The molecule has 0 amide bonds. The Bertz CT molecular complexity index is 356. The second kappa shape index (κ2) is 4.79. The topological polar surface area (TPSA) is 21.3 Å². The summed E-state index contributed by atoms with van der Waals surface area (Å²) in [5.41, 5.74) is 1.62. The minimum Gasteiger partial charge on any atom is -0.371 e. The molecule has 0 aliphatic carbocycles. The van der Waals surface area contributed by atoms with Gasteiger partial charge in [0.1, 0.15) is 0 Å². The van der Waals surface area contributed by atoms with Crippen LogP contribution in [-0.2, 0) is 11.2 Å². The Morgan fingerprint density at radius 2 is 1.88 bits per heavy atom. The van der Waals surface area contributed by atoms with Crippen LogP contribution in [-0.4, -0.2) is 24.8 Å². The largest absolute Gasteiger partial charge is 0.371 e. The number of piperidine rings is 1. The highest BCUT2D eigenvalue weighted by molar-refractivity contribution is 5.16. The molecule has 2 nitrogen and oxygen atoms in total. The maximum atomic E-state index is 6.35. The molecule has 3 rings (SSSR count). The van der Waals surface area contributed by atoms with Gasteiger partial charge in [0, 0.05) is 0 Å². The molecule has 0 radical (unpaired) electrons. The smallest absolute Gasteiger partial charge is 0.0711 e. The third-order valence-corrected chi connectivity index (χ3v) is 4.16. The summed E-state index contributed by atoms with van der Waals surface area (Å²) in [4.78, 5) is 0. The van der Waals surface area contributed by atoms with Gasteiger partial charge in [0.2, 0.25) is 0 Å². The van der Waals surface area contributed by atoms with Gasteiger partial charge in [-0.3, -0.25) is 0 Å². The second-order valence-electron chi connectivity index (χ2n) is 5.40. The lowest BCUT2D eigenvalue weighted by Gasteiger charge is -2.33. The van der Waals surface area contributed by atoms with Crippen molar-refractivity contribution in [3.63, 3.8) is 0 Å². The summed E-state index contributed by atoms with van der Waals surface area (Å²) in [6.07, 6.45) is 6.39. The first-order valence-corrected chi connectivity index (χ1v) is 6.79. The lowest BCUT2D eigenvalue weighted by atomic mass is 9.89. The quantitative estimate of drug-likeness (QED) is 0.844. The van der Waals surface area contributed by atoms with Crippen LogP contribution in [0, 0.1) is 0 Å². The average Bonchev–Trinajstić information content (AvgIpc) is 2.74. The standard InChI is InChI=1S/C15H21NO/c1-2-4-13(5-3-1)12-14-6-7-15(17-14)8-10-16-11-9-15/h1-5,14,16H,6-12H2/t14-/m0/s1. The molecule has 2 aliphatic rings. The first-order valence-electron chi connectivity index (χ1n) is 6.79. The van der Waals surface area contributed by atoms with Crippen molar-refractivity contribution < 1.29 is 4.74 Å². The molecule has 0 unspecified atom stereocenters. The summed E-state index contributed by atoms with van der Waals surface area (Å²) < 4.78 is 6.35. The summed E-state index contributed by atoms with van der Waals surface area (Å²) in [7, 11) is 0. The summed E-state index contributed by atoms with van der Waals surface area (Å²) >= 11 is 0. The molecule has 1 N–H and O–H groups in total. The number of rotatable bonds is 2. The van der Waals surface area contributed by atoms with Crippen molar-refractivity contribution in [2.75, 3.05) is 13.1 Å². The highest BCUT2D eigenvalue weighted by Gasteiger charge is 2.40. The van der Waals surface area contributed by atoms with Crippen LogP contribution in [0.3, 0.4) is 0 Å². The van der Waals surface area contributed by atoms with Crippen LogP contribution < -0.4 is 5.32 Å². The van der Waals surface area contributed by atoms with Crippen molar-refractivity contribution in [3.05, 3.63) is 35.9 Å². The zero-order chi connectivity index (χ0) is 11.6. The number of hydrogen-bond donors (Lipinski definition) is 1. The lowest BCUT2D eigenvalue weighted by Crippen LogP contribution is -2.42. The number of nitrogens with one attached hydrogen (secondary N) is 1. The van der Waals surface area contributed by atoms with E-state index in [9.17, 15) is 0 Å². The third-order valence-electron chi connectivity index (χ3n) is 4.16. The van der Waals surface area contributed by atoms with E-state index in [4.69, 9.17) is 4.74 Å². The Kier molecular flexibility index (Phi) is 3.17. The summed E-state index contributed by atoms with van der Waals surface area (Å²) in [5, 5.41) is 3.42. The fourth-order valence-electron chi connectivity index (χ4n) is 3.17. The van der Waals surface area contributed by atoms with Gasteiger partial charge in [0.15, 0.2) is 0 Å². The van der Waals surface area contributed by atoms with Crippen molar-refractivity contribution in [1.29, 1.82) is 0 Å². The molecule has 2 heteroatoms. The molecular formula is C15H21NO. The molecule has 2 saturated heterocycles. The fraction of sp³-hybridized carbons (Fsp3) is 0.600. The van der Waals surface area contributed by atoms with E-state index in [2.05, 4.69) is 35.6 Å². The Balaban J connectivity index is 1.60. The van der Waals surface area contributed by atoms with Crippen LogP contribution in [0.4, 0.5) is 0 Å². The van der Waals surface area contributed by atoms with Gasteiger partial charge in [-0.05, 0) is 50.8 Å². The number of ether oxygens (including phenoxy) is 1. The van der Waals surface area contributed by atoms with Crippen LogP contribution in [0.1, 0.15) is 31.2 Å². The Hall–Kier alpha value is -0.860. The van der Waals surface area contributed by atoms with E-state index < -0.39 is 0 Å². The van der Waals surface area contributed by atoms with E-state index in [1.54, 1.807) is 0 Å². The maximum absolute atomic E-state index is 6.35. The summed E-state index contributed by atoms with van der Waals surface area (Å²) in [5.74, 6) is 0. The van der Waals surface area contributed by atoms with Gasteiger partial charge < -0.3 is 10.1 Å². The molecule has 2 heterocycles. The van der Waals surface area contributed by atoms with E-state index in [1.807, 2.05) is 0 Å². The normalized spacial score (nSPS) is 27.4. The first-order chi connectivity index (χ1) is 8.36. The van der Waals surface area contributed by atoms with Gasteiger partial charge >= 0.3 is 0 Å². The van der Waals surface area contributed by atoms with E-state index in [1.165, 1.54) is 31.2 Å². The Labute approximate surface area is 103 Å². The first kappa shape index (κ1) is 11.2. The van der Waals surface area contributed by atoms with Crippen molar-refractivity contribution >= 4 is 0 Å². The van der Waals surface area contributed by atoms with Crippen LogP contribution in [0.2, 0.25) is 0 Å². The van der Waals surface area contributed by atoms with Crippen molar-refractivity contribution in [1.82, 2.24) is 5.32 Å². The molecule has 2 aliphatic heterocycles. The van der Waals surface area contributed by atoms with Crippen LogP contribution in [0.25, 0.3) is 0 Å². The highest BCUT2D eigenvalue weighted by Crippen LogP contribution is 2.38. The zero-order valence-corrected chi connectivity index (χ0v) is 10.3. The molecule has 1 atom stereocenters. The molecule has 0 saturated carbocycles. The van der Waals surface area contributed by atoms with Crippen LogP contribution in [0.5, 0.6) is 0 Å². The van der Waals surface area contributed by atoms with Gasteiger partial charge in [-0.1, -0.05) is 30.3 Å². The summed E-state index contributed by atoms with van der Waals surface area (Å²) in [6, 6.07) is 10.7. The Morgan fingerprint density at radius 1 is 1.12 bits per heavy atom. The van der Waals surface area contributed by atoms with Crippen molar-refractivity contribution in [2.45, 2.75) is 43.8 Å². The van der Waals surface area contributed by atoms with E-state index in [0.29, 0.717) is 6.10 Å². The molecule has 17 heavy (non-hydrogen) atoms. The Morgan fingerprint density at radius 3 is 2.65 bits per heavy atom. The van der Waals surface area contributed by atoms with Crippen LogP contribution >= 0.6 is 0 Å². The lowest BCUT2D eigenvalue weighted by molar-refractivity contribution is -0.0586. The van der Waals surface area contributed by atoms with Crippen molar-refractivity contribution in [3.8, 4) is 0 Å². The molecule has 2 fully saturated rings. The van der Waals surface area contributed by atoms with Gasteiger partial charge in [0.05, 0.1) is 11.7 Å².